The normalized spacial score (nSPS) is 16.6. The van der Waals surface area contributed by atoms with Crippen molar-refractivity contribution in [3.05, 3.63) is 29.3 Å². The molecule has 0 aliphatic heterocycles. The Morgan fingerprint density at radius 2 is 2.12 bits per heavy atom. The third kappa shape index (κ3) is 2.09. The number of methoxy groups -OCH3 is 1. The molecule has 1 saturated carbocycles. The molecule has 3 nitrogen and oxygen atoms in total. The number of halogens is 2. The molecule has 0 amide bonds. The molecule has 1 aromatic rings. The van der Waals surface area contributed by atoms with Crippen LogP contribution in [0.1, 0.15) is 24.8 Å². The van der Waals surface area contributed by atoms with Crippen molar-refractivity contribution >= 4 is 5.97 Å². The lowest BCUT2D eigenvalue weighted by Gasteiger charge is -2.15. The number of ether oxygens (including phenoxy) is 1. The number of hydrogen-bond acceptors (Lipinski definition) is 2. The van der Waals surface area contributed by atoms with Gasteiger partial charge < -0.3 is 9.84 Å². The number of aliphatic carboxylic acids is 1. The lowest BCUT2D eigenvalue weighted by molar-refractivity contribution is -0.137. The number of hydrogen-bond donors (Lipinski definition) is 1. The molecule has 17 heavy (non-hydrogen) atoms. The first-order chi connectivity index (χ1) is 7.98. The molecule has 1 N–H and O–H groups in total. The van der Waals surface area contributed by atoms with E-state index < -0.39 is 23.0 Å². The van der Waals surface area contributed by atoms with Crippen LogP contribution >= 0.6 is 0 Å². The van der Waals surface area contributed by atoms with Crippen LogP contribution in [0, 0.1) is 11.6 Å². The number of carbonyl (C=O) groups is 1. The average molecular weight is 242 g/mol. The van der Waals surface area contributed by atoms with Crippen LogP contribution in [0.2, 0.25) is 0 Å². The van der Waals surface area contributed by atoms with E-state index in [9.17, 15) is 13.6 Å². The molecule has 0 heterocycles. The predicted molar refractivity (Wildman–Crippen MR) is 56.1 cm³/mol. The van der Waals surface area contributed by atoms with Gasteiger partial charge in [-0.15, -0.1) is 0 Å². The van der Waals surface area contributed by atoms with Crippen molar-refractivity contribution in [1.29, 1.82) is 0 Å². The Morgan fingerprint density at radius 1 is 1.47 bits per heavy atom. The Hall–Kier alpha value is -1.65. The average Bonchev–Trinajstić information content (AvgIpc) is 3.01. The Labute approximate surface area is 97.0 Å². The van der Waals surface area contributed by atoms with Crippen molar-refractivity contribution in [3.63, 3.8) is 0 Å². The predicted octanol–water partition coefficient (Wildman–Crippen LogP) is 2.48. The standard InChI is InChI=1S/C12H12F2O3/c1-17-7-4-8(11(14)9(13)5-7)12(2-3-12)6-10(15)16/h4-5H,2-3,6H2,1H3,(H,15,16). The quantitative estimate of drug-likeness (QED) is 0.882. The number of carboxylic acids is 1. The van der Waals surface area contributed by atoms with E-state index in [1.807, 2.05) is 0 Å². The molecular weight excluding hydrogens is 230 g/mol. The molecule has 92 valence electrons. The summed E-state index contributed by atoms with van der Waals surface area (Å²) < 4.78 is 31.9. The lowest BCUT2D eigenvalue weighted by atomic mass is 9.91. The summed E-state index contributed by atoms with van der Waals surface area (Å²) >= 11 is 0. The summed E-state index contributed by atoms with van der Waals surface area (Å²) in [6, 6.07) is 2.34. The van der Waals surface area contributed by atoms with E-state index in [-0.39, 0.29) is 17.7 Å². The van der Waals surface area contributed by atoms with Gasteiger partial charge in [0.05, 0.1) is 13.5 Å². The molecule has 0 saturated heterocycles. The zero-order chi connectivity index (χ0) is 12.6. The van der Waals surface area contributed by atoms with E-state index in [2.05, 4.69) is 0 Å². The van der Waals surface area contributed by atoms with E-state index in [1.165, 1.54) is 13.2 Å². The fourth-order valence-electron chi connectivity index (χ4n) is 2.05. The molecule has 5 heteroatoms. The van der Waals surface area contributed by atoms with Gasteiger partial charge in [-0.25, -0.2) is 8.78 Å². The van der Waals surface area contributed by atoms with Crippen LogP contribution in [0.15, 0.2) is 12.1 Å². The lowest BCUT2D eigenvalue weighted by Crippen LogP contribution is -2.15. The molecule has 1 aromatic carbocycles. The molecule has 1 fully saturated rings. The maximum Gasteiger partial charge on any atom is 0.304 e. The van der Waals surface area contributed by atoms with Gasteiger partial charge >= 0.3 is 5.97 Å². The summed E-state index contributed by atoms with van der Waals surface area (Å²) in [4.78, 5) is 10.7. The second-order valence-electron chi connectivity index (χ2n) is 4.32. The first-order valence-electron chi connectivity index (χ1n) is 5.24. The van der Waals surface area contributed by atoms with Gasteiger partial charge in [0, 0.05) is 17.0 Å². The Kier molecular flexibility index (Phi) is 2.77. The summed E-state index contributed by atoms with van der Waals surface area (Å²) in [5.41, 5.74) is -0.651. The van der Waals surface area contributed by atoms with Crippen molar-refractivity contribution in [3.8, 4) is 5.75 Å². The van der Waals surface area contributed by atoms with E-state index in [1.54, 1.807) is 0 Å². The van der Waals surface area contributed by atoms with Gasteiger partial charge in [0.1, 0.15) is 5.75 Å². The third-order valence-corrected chi connectivity index (χ3v) is 3.15. The van der Waals surface area contributed by atoms with Crippen molar-refractivity contribution < 1.29 is 23.4 Å². The van der Waals surface area contributed by atoms with Crippen molar-refractivity contribution in [2.45, 2.75) is 24.7 Å². The highest BCUT2D eigenvalue weighted by Crippen LogP contribution is 2.52. The van der Waals surface area contributed by atoms with Crippen LogP contribution in [-0.2, 0) is 10.2 Å². The Morgan fingerprint density at radius 3 is 2.59 bits per heavy atom. The molecule has 0 bridgehead atoms. The second-order valence-corrected chi connectivity index (χ2v) is 4.32. The fourth-order valence-corrected chi connectivity index (χ4v) is 2.05. The Balaban J connectivity index is 2.44. The molecule has 1 aliphatic carbocycles. The molecule has 2 rings (SSSR count). The van der Waals surface area contributed by atoms with Gasteiger partial charge in [0.15, 0.2) is 11.6 Å². The molecule has 0 radical (unpaired) electrons. The van der Waals surface area contributed by atoms with Crippen LogP contribution in [0.3, 0.4) is 0 Å². The van der Waals surface area contributed by atoms with Crippen LogP contribution in [0.4, 0.5) is 8.78 Å². The zero-order valence-electron chi connectivity index (χ0n) is 9.30. The smallest absolute Gasteiger partial charge is 0.304 e. The highest BCUT2D eigenvalue weighted by Gasteiger charge is 2.48. The number of rotatable bonds is 4. The first kappa shape index (κ1) is 11.8. The maximum absolute atomic E-state index is 13.7. The van der Waals surface area contributed by atoms with Gasteiger partial charge in [0.25, 0.3) is 0 Å². The summed E-state index contributed by atoms with van der Waals surface area (Å²) in [7, 11) is 1.35. The van der Waals surface area contributed by atoms with Crippen LogP contribution in [-0.4, -0.2) is 18.2 Å². The van der Waals surface area contributed by atoms with Crippen LogP contribution < -0.4 is 4.74 Å². The highest BCUT2D eigenvalue weighted by molar-refractivity contribution is 5.70. The first-order valence-corrected chi connectivity index (χ1v) is 5.24. The minimum absolute atomic E-state index is 0.108. The maximum atomic E-state index is 13.7. The molecule has 1 aliphatic rings. The summed E-state index contributed by atoms with van der Waals surface area (Å²) in [5, 5.41) is 8.79. The molecular formula is C12H12F2O3. The van der Waals surface area contributed by atoms with Crippen LogP contribution in [0.25, 0.3) is 0 Å². The highest BCUT2D eigenvalue weighted by atomic mass is 19.2. The van der Waals surface area contributed by atoms with Gasteiger partial charge in [-0.1, -0.05) is 0 Å². The number of benzene rings is 1. The van der Waals surface area contributed by atoms with E-state index >= 15 is 0 Å². The minimum Gasteiger partial charge on any atom is -0.497 e. The van der Waals surface area contributed by atoms with Gasteiger partial charge in [-0.05, 0) is 18.9 Å². The molecule has 0 atom stereocenters. The Bertz CT molecular complexity index is 467. The monoisotopic (exact) mass is 242 g/mol. The van der Waals surface area contributed by atoms with Crippen molar-refractivity contribution in [2.75, 3.05) is 7.11 Å². The van der Waals surface area contributed by atoms with Crippen LogP contribution in [0.5, 0.6) is 5.75 Å². The van der Waals surface area contributed by atoms with Gasteiger partial charge in [0.2, 0.25) is 0 Å². The minimum atomic E-state index is -1.01. The van der Waals surface area contributed by atoms with E-state index in [0.717, 1.165) is 6.07 Å². The summed E-state index contributed by atoms with van der Waals surface area (Å²) in [5.74, 6) is -2.78. The van der Waals surface area contributed by atoms with E-state index in [0.29, 0.717) is 12.8 Å². The second kappa shape index (κ2) is 3.98. The summed E-state index contributed by atoms with van der Waals surface area (Å²) in [6.45, 7) is 0. The molecule has 0 spiro atoms. The molecule has 0 unspecified atom stereocenters. The largest absolute Gasteiger partial charge is 0.497 e. The zero-order valence-corrected chi connectivity index (χ0v) is 9.30. The van der Waals surface area contributed by atoms with Gasteiger partial charge in [-0.3, -0.25) is 4.79 Å². The number of carboxylic acid groups (broad SMARTS) is 1. The summed E-state index contributed by atoms with van der Waals surface area (Å²) in [6.07, 6.45) is 0.933. The fraction of sp³-hybridized carbons (Fsp3) is 0.417. The SMILES string of the molecule is COc1cc(F)c(F)c(C2(CC(=O)O)CC2)c1. The van der Waals surface area contributed by atoms with E-state index in [4.69, 9.17) is 9.84 Å². The van der Waals surface area contributed by atoms with Crippen molar-refractivity contribution in [2.24, 2.45) is 0 Å². The topological polar surface area (TPSA) is 46.5 Å². The van der Waals surface area contributed by atoms with Gasteiger partial charge in [-0.2, -0.15) is 0 Å². The third-order valence-electron chi connectivity index (χ3n) is 3.15. The molecule has 0 aromatic heterocycles. The van der Waals surface area contributed by atoms with Crippen molar-refractivity contribution in [1.82, 2.24) is 0 Å².